The minimum Gasteiger partial charge on any atom is -0.497 e. The molecule has 0 heterocycles. The summed E-state index contributed by atoms with van der Waals surface area (Å²) in [6.45, 7) is 1.41. The number of carbonyl (C=O) groups is 3. The van der Waals surface area contributed by atoms with Gasteiger partial charge < -0.3 is 14.8 Å². The molecule has 8 heteroatoms. The molecule has 1 aliphatic carbocycles. The van der Waals surface area contributed by atoms with Gasteiger partial charge in [0, 0.05) is 10.5 Å². The summed E-state index contributed by atoms with van der Waals surface area (Å²) in [6.07, 6.45) is 2.86. The molecule has 0 unspecified atom stereocenters. The zero-order chi connectivity index (χ0) is 18.4. The number of rotatable bonds is 5. The second-order valence-corrected chi connectivity index (χ2v) is 6.69. The van der Waals surface area contributed by atoms with Crippen LogP contribution >= 0.6 is 15.9 Å². The average Bonchev–Trinajstić information content (AvgIpc) is 3.07. The Morgan fingerprint density at radius 3 is 2.56 bits per heavy atom. The smallest absolute Gasteiger partial charge is 0.340 e. The molecule has 2 rings (SSSR count). The van der Waals surface area contributed by atoms with Crippen LogP contribution in [0.15, 0.2) is 22.7 Å². The number of urea groups is 1. The third-order valence-electron chi connectivity index (χ3n) is 3.97. The van der Waals surface area contributed by atoms with Crippen LogP contribution in [0.25, 0.3) is 0 Å². The molecule has 1 aromatic carbocycles. The first-order valence-electron chi connectivity index (χ1n) is 8.06. The van der Waals surface area contributed by atoms with E-state index in [9.17, 15) is 14.4 Å². The minimum atomic E-state index is -1.11. The molecular formula is C17H21BrN2O5. The zero-order valence-corrected chi connectivity index (χ0v) is 15.7. The van der Waals surface area contributed by atoms with E-state index in [1.807, 2.05) is 0 Å². The zero-order valence-electron chi connectivity index (χ0n) is 14.1. The molecule has 0 spiro atoms. The van der Waals surface area contributed by atoms with Crippen LogP contribution in [0.1, 0.15) is 43.0 Å². The number of nitrogens with one attached hydrogen (secondary N) is 2. The third kappa shape index (κ3) is 5.45. The molecule has 7 nitrogen and oxygen atoms in total. The number of amides is 3. The van der Waals surface area contributed by atoms with Gasteiger partial charge in [0.05, 0.1) is 12.7 Å². The minimum absolute atomic E-state index is 0.0957. The van der Waals surface area contributed by atoms with E-state index >= 15 is 0 Å². The van der Waals surface area contributed by atoms with Crippen LogP contribution in [0.4, 0.5) is 4.79 Å². The molecule has 1 fully saturated rings. The van der Waals surface area contributed by atoms with Crippen molar-refractivity contribution in [3.63, 3.8) is 0 Å². The fraction of sp³-hybridized carbons (Fsp3) is 0.471. The maximum atomic E-state index is 12.2. The van der Waals surface area contributed by atoms with Crippen molar-refractivity contribution in [2.45, 2.75) is 44.8 Å². The molecule has 0 aromatic heterocycles. The lowest BCUT2D eigenvalue weighted by molar-refractivity contribution is -0.127. The van der Waals surface area contributed by atoms with Gasteiger partial charge in [-0.1, -0.05) is 12.8 Å². The summed E-state index contributed by atoms with van der Waals surface area (Å²) in [5.74, 6) is -0.879. The van der Waals surface area contributed by atoms with E-state index in [1.165, 1.54) is 20.1 Å². The van der Waals surface area contributed by atoms with Crippen molar-refractivity contribution in [3.05, 3.63) is 28.2 Å². The van der Waals surface area contributed by atoms with Crippen LogP contribution in [-0.4, -0.2) is 37.2 Å². The van der Waals surface area contributed by atoms with E-state index in [2.05, 4.69) is 26.6 Å². The number of esters is 1. The van der Waals surface area contributed by atoms with Crippen LogP contribution in [0, 0.1) is 0 Å². The van der Waals surface area contributed by atoms with E-state index < -0.39 is 24.0 Å². The number of halogens is 1. The lowest BCUT2D eigenvalue weighted by Crippen LogP contribution is -2.47. The van der Waals surface area contributed by atoms with Gasteiger partial charge >= 0.3 is 12.0 Å². The van der Waals surface area contributed by atoms with Gasteiger partial charge in [-0.3, -0.25) is 10.1 Å². The molecule has 3 amide bonds. The van der Waals surface area contributed by atoms with Crippen LogP contribution in [0.5, 0.6) is 5.75 Å². The van der Waals surface area contributed by atoms with Crippen molar-refractivity contribution in [1.29, 1.82) is 0 Å². The Hall–Kier alpha value is -2.09. The number of methoxy groups -OCH3 is 1. The van der Waals surface area contributed by atoms with Gasteiger partial charge in [0.1, 0.15) is 5.75 Å². The Morgan fingerprint density at radius 2 is 1.92 bits per heavy atom. The summed E-state index contributed by atoms with van der Waals surface area (Å²) in [5.41, 5.74) is 0.231. The molecule has 1 aromatic rings. The van der Waals surface area contributed by atoms with Crippen molar-refractivity contribution in [3.8, 4) is 5.75 Å². The molecule has 0 radical (unpaired) electrons. The lowest BCUT2D eigenvalue weighted by Gasteiger charge is -2.16. The van der Waals surface area contributed by atoms with Crippen molar-refractivity contribution >= 4 is 33.8 Å². The Kier molecular flexibility index (Phi) is 6.81. The summed E-state index contributed by atoms with van der Waals surface area (Å²) in [4.78, 5) is 36.0. The Bertz CT molecular complexity index is 658. The van der Waals surface area contributed by atoms with Crippen LogP contribution < -0.4 is 15.4 Å². The molecule has 0 bridgehead atoms. The number of hydrogen-bond donors (Lipinski definition) is 2. The largest absolute Gasteiger partial charge is 0.497 e. The highest BCUT2D eigenvalue weighted by Crippen LogP contribution is 2.23. The summed E-state index contributed by atoms with van der Waals surface area (Å²) < 4.78 is 10.7. The molecular weight excluding hydrogens is 392 g/mol. The first-order valence-corrected chi connectivity index (χ1v) is 8.86. The number of ether oxygens (including phenoxy) is 2. The molecule has 1 saturated carbocycles. The van der Waals surface area contributed by atoms with Gasteiger partial charge in [0.15, 0.2) is 6.10 Å². The maximum absolute atomic E-state index is 12.2. The van der Waals surface area contributed by atoms with Gasteiger partial charge in [0.25, 0.3) is 5.91 Å². The van der Waals surface area contributed by atoms with Crippen LogP contribution in [0.3, 0.4) is 0 Å². The molecule has 2 N–H and O–H groups in total. The maximum Gasteiger partial charge on any atom is 0.340 e. The second kappa shape index (κ2) is 8.84. The third-order valence-corrected chi connectivity index (χ3v) is 4.67. The van der Waals surface area contributed by atoms with Gasteiger partial charge in [0.2, 0.25) is 0 Å². The van der Waals surface area contributed by atoms with E-state index in [0.717, 1.165) is 25.7 Å². The predicted molar refractivity (Wildman–Crippen MR) is 94.5 cm³/mol. The number of benzene rings is 1. The normalized spacial score (nSPS) is 15.3. The fourth-order valence-electron chi connectivity index (χ4n) is 2.57. The van der Waals surface area contributed by atoms with Crippen LogP contribution in [0.2, 0.25) is 0 Å². The topological polar surface area (TPSA) is 93.7 Å². The van der Waals surface area contributed by atoms with E-state index in [0.29, 0.717) is 10.2 Å². The average molecular weight is 413 g/mol. The molecule has 0 aliphatic heterocycles. The number of hydrogen-bond acceptors (Lipinski definition) is 5. The summed E-state index contributed by atoms with van der Waals surface area (Å²) in [7, 11) is 1.48. The van der Waals surface area contributed by atoms with Gasteiger partial charge in [-0.25, -0.2) is 9.59 Å². The highest BCUT2D eigenvalue weighted by molar-refractivity contribution is 9.10. The van der Waals surface area contributed by atoms with Crippen molar-refractivity contribution < 1.29 is 23.9 Å². The second-order valence-electron chi connectivity index (χ2n) is 5.84. The monoisotopic (exact) mass is 412 g/mol. The highest BCUT2D eigenvalue weighted by Gasteiger charge is 2.24. The van der Waals surface area contributed by atoms with Gasteiger partial charge in [-0.2, -0.15) is 0 Å². The Morgan fingerprint density at radius 1 is 1.24 bits per heavy atom. The van der Waals surface area contributed by atoms with E-state index in [1.54, 1.807) is 12.1 Å². The first-order chi connectivity index (χ1) is 11.9. The first kappa shape index (κ1) is 19.2. The molecule has 1 atom stereocenters. The van der Waals surface area contributed by atoms with Crippen LogP contribution in [-0.2, 0) is 9.53 Å². The van der Waals surface area contributed by atoms with E-state index in [4.69, 9.17) is 9.47 Å². The number of carbonyl (C=O) groups excluding carboxylic acids is 3. The summed E-state index contributed by atoms with van der Waals surface area (Å²) in [5, 5.41) is 4.94. The number of imide groups is 1. The van der Waals surface area contributed by atoms with Crippen molar-refractivity contribution in [2.75, 3.05) is 7.11 Å². The Labute approximate surface area is 154 Å². The summed E-state index contributed by atoms with van der Waals surface area (Å²) in [6, 6.07) is 4.37. The fourth-order valence-corrected chi connectivity index (χ4v) is 2.98. The highest BCUT2D eigenvalue weighted by atomic mass is 79.9. The molecule has 1 aliphatic rings. The standard InChI is InChI=1S/C17H21BrN2O5/c1-10(15(21)20-17(23)19-11-5-3-4-6-11)25-16(22)13-9-12(24-2)7-8-14(13)18/h7-11H,3-6H2,1-2H3,(H2,19,20,21,23)/t10-/m1/s1. The SMILES string of the molecule is COc1ccc(Br)c(C(=O)O[C@H](C)C(=O)NC(=O)NC2CCCC2)c1. The Balaban J connectivity index is 1.89. The van der Waals surface area contributed by atoms with Crippen molar-refractivity contribution in [1.82, 2.24) is 10.6 Å². The molecule has 136 valence electrons. The summed E-state index contributed by atoms with van der Waals surface area (Å²) >= 11 is 3.26. The van der Waals surface area contributed by atoms with Crippen molar-refractivity contribution in [2.24, 2.45) is 0 Å². The molecule has 25 heavy (non-hydrogen) atoms. The van der Waals surface area contributed by atoms with E-state index in [-0.39, 0.29) is 11.6 Å². The predicted octanol–water partition coefficient (Wildman–Crippen LogP) is 2.77. The molecule has 0 saturated heterocycles. The van der Waals surface area contributed by atoms with Gasteiger partial charge in [-0.05, 0) is 53.9 Å². The van der Waals surface area contributed by atoms with Gasteiger partial charge in [-0.15, -0.1) is 0 Å². The lowest BCUT2D eigenvalue weighted by atomic mass is 10.2. The quantitative estimate of drug-likeness (QED) is 0.725.